The van der Waals surface area contributed by atoms with Crippen LogP contribution in [0.1, 0.15) is 135 Å². The summed E-state index contributed by atoms with van der Waals surface area (Å²) in [6.07, 6.45) is 4.70. The van der Waals surface area contributed by atoms with Gasteiger partial charge in [-0.15, -0.1) is 22.7 Å². The normalized spacial score (nSPS) is 17.7. The van der Waals surface area contributed by atoms with Gasteiger partial charge in [-0.05, 0) is 182 Å². The molecule has 5 heterocycles. The van der Waals surface area contributed by atoms with Crippen molar-refractivity contribution >= 4 is 120 Å². The number of aryl methyl sites for hydroxylation is 1. The molecular formula is C71H67BN2OS2. The zero-order valence-electron chi connectivity index (χ0n) is 46.8. The number of anilines is 5. The molecule has 0 saturated heterocycles. The van der Waals surface area contributed by atoms with Crippen LogP contribution < -0.4 is 20.0 Å². The van der Waals surface area contributed by atoms with Crippen LogP contribution in [0, 0.1) is 6.92 Å². The van der Waals surface area contributed by atoms with Crippen LogP contribution in [-0.2, 0) is 27.1 Å². The van der Waals surface area contributed by atoms with Crippen molar-refractivity contribution in [2.75, 3.05) is 9.71 Å². The van der Waals surface area contributed by atoms with Crippen molar-refractivity contribution in [2.45, 2.75) is 136 Å². The van der Waals surface area contributed by atoms with E-state index in [4.69, 9.17) is 4.42 Å². The highest BCUT2D eigenvalue weighted by Gasteiger charge is 2.50. The van der Waals surface area contributed by atoms with Crippen LogP contribution >= 0.6 is 22.7 Å². The molecule has 0 radical (unpaired) electrons. The number of fused-ring (bicyclic) bond motifs is 15. The van der Waals surface area contributed by atoms with E-state index in [1.165, 1.54) is 138 Å². The van der Waals surface area contributed by atoms with E-state index in [-0.39, 0.29) is 33.9 Å². The first-order valence-corrected chi connectivity index (χ1v) is 29.8. The summed E-state index contributed by atoms with van der Waals surface area (Å²) in [6, 6.07) is 54.5. The van der Waals surface area contributed by atoms with Crippen molar-refractivity contribution in [1.29, 1.82) is 0 Å². The van der Waals surface area contributed by atoms with E-state index in [0.717, 1.165) is 34.0 Å². The number of benzene rings is 8. The predicted molar refractivity (Wildman–Crippen MR) is 335 cm³/mol. The molecule has 3 aromatic heterocycles. The predicted octanol–water partition coefficient (Wildman–Crippen LogP) is 19.8. The first kappa shape index (κ1) is 47.6. The van der Waals surface area contributed by atoms with Gasteiger partial charge in [0.15, 0.2) is 5.58 Å². The Morgan fingerprint density at radius 3 is 1.81 bits per heavy atom. The summed E-state index contributed by atoms with van der Waals surface area (Å²) in [6.45, 7) is 28.9. The van der Waals surface area contributed by atoms with E-state index in [1.807, 2.05) is 22.7 Å². The van der Waals surface area contributed by atoms with E-state index >= 15 is 0 Å². The second-order valence-electron chi connectivity index (χ2n) is 27.0. The van der Waals surface area contributed by atoms with Crippen LogP contribution in [0.25, 0.3) is 74.5 Å². The first-order valence-electron chi connectivity index (χ1n) is 28.2. The lowest BCUT2D eigenvalue weighted by atomic mass is 9.46. The van der Waals surface area contributed by atoms with E-state index < -0.39 is 0 Å². The van der Waals surface area contributed by atoms with Crippen molar-refractivity contribution in [1.82, 2.24) is 0 Å². The summed E-state index contributed by atoms with van der Waals surface area (Å²) in [5, 5.41) is 6.30. The number of para-hydroxylation sites is 1. The van der Waals surface area contributed by atoms with Crippen molar-refractivity contribution < 1.29 is 4.42 Å². The molecule has 0 unspecified atom stereocenters. The van der Waals surface area contributed by atoms with E-state index in [9.17, 15) is 0 Å². The molecule has 382 valence electrons. The van der Waals surface area contributed by atoms with E-state index in [2.05, 4.69) is 232 Å². The second kappa shape index (κ2) is 15.8. The number of furan rings is 1. The minimum absolute atomic E-state index is 0.00426. The lowest BCUT2D eigenvalue weighted by molar-refractivity contribution is 0.332. The molecule has 0 bridgehead atoms. The monoisotopic (exact) mass is 1040 g/mol. The first-order chi connectivity index (χ1) is 36.7. The van der Waals surface area contributed by atoms with Gasteiger partial charge in [0.05, 0.1) is 11.4 Å². The van der Waals surface area contributed by atoms with Gasteiger partial charge in [0.1, 0.15) is 5.58 Å². The summed E-state index contributed by atoms with van der Waals surface area (Å²) in [5.74, 6) is 0. The maximum Gasteiger partial charge on any atom is 0.343 e. The fraction of sp³-hybridized carbons (Fsp3) is 0.296. The summed E-state index contributed by atoms with van der Waals surface area (Å²) in [4.78, 5) is 5.44. The molecule has 77 heavy (non-hydrogen) atoms. The third kappa shape index (κ3) is 6.80. The van der Waals surface area contributed by atoms with Crippen molar-refractivity contribution in [3.05, 3.63) is 173 Å². The molecular weight excluding hydrogens is 972 g/mol. The van der Waals surface area contributed by atoms with Gasteiger partial charge < -0.3 is 14.1 Å². The zero-order valence-corrected chi connectivity index (χ0v) is 48.4. The third-order valence-electron chi connectivity index (χ3n) is 19.2. The molecule has 15 rings (SSSR count). The van der Waals surface area contributed by atoms with E-state index in [0.29, 0.717) is 0 Å². The van der Waals surface area contributed by atoms with Gasteiger partial charge in [0, 0.05) is 68.4 Å². The van der Waals surface area contributed by atoms with Gasteiger partial charge in [-0.3, -0.25) is 0 Å². The van der Waals surface area contributed by atoms with Crippen LogP contribution in [0.4, 0.5) is 28.4 Å². The average molecular weight is 1040 g/mol. The van der Waals surface area contributed by atoms with Gasteiger partial charge in [-0.1, -0.05) is 149 Å². The van der Waals surface area contributed by atoms with E-state index in [1.54, 1.807) is 0 Å². The molecule has 0 spiro atoms. The largest absolute Gasteiger partial charge is 0.454 e. The standard InChI is InChI=1S/C71H67BN2OS2/c1-40-32-52-54(70(9,10)30-28-68(52,5)6)37-56(40)73-63-51-33-42(41-18-14-13-15-19-41)22-27-59(51)77-66(63)72-62-49(35-50-45-20-16-17-21-58(45)75-65(50)64(62)73)46-34-47-48-36-53-55(71(11,12)31-29-69(53,7)8)38-60(48)76-61(47)39-57(46)74(72)44-25-23-43(24-26-44)67(2,3)4/h13-27,32-39H,28-31H2,1-12H3. The number of hydrogen-bond donors (Lipinski definition) is 0. The maximum absolute atomic E-state index is 7.43. The minimum Gasteiger partial charge on any atom is -0.454 e. The molecule has 3 nitrogen and oxygen atoms in total. The van der Waals surface area contributed by atoms with Crippen LogP contribution in [0.2, 0.25) is 0 Å². The SMILES string of the molecule is Cc1cc2c(cc1N1c3c(sc4ccc(-c5ccccc5)cc34)B3c4c(cc5c(oc6ccccc65)c41)-c1cc4c(cc1N3c1ccc(C(C)(C)C)cc1)sc1cc3c(cc14)C(C)(C)CCC3(C)C)C(C)(C)CCC2(C)C. The van der Waals surface area contributed by atoms with Gasteiger partial charge in [-0.2, -0.15) is 0 Å². The van der Waals surface area contributed by atoms with Crippen molar-refractivity contribution in [3.8, 4) is 22.3 Å². The molecule has 6 heteroatoms. The molecule has 0 saturated carbocycles. The summed E-state index contributed by atoms with van der Waals surface area (Å²) in [5.41, 5.74) is 23.2. The van der Waals surface area contributed by atoms with Crippen LogP contribution in [0.5, 0.6) is 0 Å². The second-order valence-corrected chi connectivity index (χ2v) is 29.2. The highest BCUT2D eigenvalue weighted by Crippen LogP contribution is 2.58. The molecule has 0 amide bonds. The highest BCUT2D eigenvalue weighted by atomic mass is 32.1. The zero-order chi connectivity index (χ0) is 53.0. The lowest BCUT2D eigenvalue weighted by Crippen LogP contribution is -2.60. The molecule has 0 fully saturated rings. The molecule has 2 aliphatic heterocycles. The smallest absolute Gasteiger partial charge is 0.343 e. The highest BCUT2D eigenvalue weighted by molar-refractivity contribution is 7.32. The molecule has 0 atom stereocenters. The Morgan fingerprint density at radius 2 is 1.10 bits per heavy atom. The summed E-state index contributed by atoms with van der Waals surface area (Å²) in [7, 11) is 0. The van der Waals surface area contributed by atoms with Crippen LogP contribution in [0.3, 0.4) is 0 Å². The van der Waals surface area contributed by atoms with Crippen LogP contribution in [-0.4, -0.2) is 6.85 Å². The Kier molecular flexibility index (Phi) is 9.76. The average Bonchev–Trinajstić information content (AvgIpc) is 4.33. The minimum atomic E-state index is -0.163. The number of thiophene rings is 2. The lowest BCUT2D eigenvalue weighted by Gasteiger charge is -2.46. The topological polar surface area (TPSA) is 19.6 Å². The Labute approximate surface area is 462 Å². The van der Waals surface area contributed by atoms with Crippen LogP contribution in [0.15, 0.2) is 144 Å². The maximum atomic E-state index is 7.43. The Balaban J connectivity index is 1.11. The van der Waals surface area contributed by atoms with Gasteiger partial charge in [-0.25, -0.2) is 0 Å². The van der Waals surface area contributed by atoms with Gasteiger partial charge in [0.25, 0.3) is 0 Å². The summed E-state index contributed by atoms with van der Waals surface area (Å²) < 4.78 is 12.8. The molecule has 4 aliphatic rings. The Bertz CT molecular complexity index is 4350. The molecule has 8 aromatic carbocycles. The van der Waals surface area contributed by atoms with Gasteiger partial charge >= 0.3 is 6.85 Å². The number of nitrogens with zero attached hydrogens (tertiary/aromatic N) is 2. The fourth-order valence-corrected chi connectivity index (χ4v) is 16.8. The fourth-order valence-electron chi connectivity index (χ4n) is 14.4. The molecule has 11 aromatic rings. The summed E-state index contributed by atoms with van der Waals surface area (Å²) >= 11 is 3.95. The van der Waals surface area contributed by atoms with Gasteiger partial charge in [0.2, 0.25) is 0 Å². The van der Waals surface area contributed by atoms with Crippen molar-refractivity contribution in [2.24, 2.45) is 0 Å². The number of rotatable bonds is 3. The quantitative estimate of drug-likeness (QED) is 0.164. The Hall–Kier alpha value is -6.60. The van der Waals surface area contributed by atoms with Crippen molar-refractivity contribution in [3.63, 3.8) is 0 Å². The molecule has 0 N–H and O–H groups in total. The Morgan fingerprint density at radius 1 is 0.494 bits per heavy atom. The molecule has 2 aliphatic carbocycles. The number of hydrogen-bond acceptors (Lipinski definition) is 5. The third-order valence-corrected chi connectivity index (χ3v) is 21.6.